The van der Waals surface area contributed by atoms with E-state index in [0.29, 0.717) is 12.5 Å². The van der Waals surface area contributed by atoms with Gasteiger partial charge in [0.1, 0.15) is 0 Å². The van der Waals surface area contributed by atoms with Crippen molar-refractivity contribution in [3.8, 4) is 0 Å². The molecule has 1 aromatic carbocycles. The SMILES string of the molecule is COCC1CCN(C(=O)C(CN)c2ccccc2)CC1. The second-order valence-electron chi connectivity index (χ2n) is 5.42. The second-order valence-corrected chi connectivity index (χ2v) is 5.42. The Morgan fingerprint density at radius 1 is 1.35 bits per heavy atom. The molecule has 1 saturated heterocycles. The molecular formula is C16H24N2O2. The van der Waals surface area contributed by atoms with Crippen LogP contribution in [0.3, 0.4) is 0 Å². The van der Waals surface area contributed by atoms with Crippen LogP contribution in [-0.4, -0.2) is 44.2 Å². The van der Waals surface area contributed by atoms with E-state index in [1.807, 2.05) is 35.2 Å². The molecule has 1 aliphatic heterocycles. The molecule has 110 valence electrons. The number of likely N-dealkylation sites (tertiary alicyclic amines) is 1. The molecule has 1 aliphatic rings. The normalized spacial score (nSPS) is 18.0. The number of hydrogen-bond acceptors (Lipinski definition) is 3. The number of methoxy groups -OCH3 is 1. The number of carbonyl (C=O) groups is 1. The van der Waals surface area contributed by atoms with Crippen LogP contribution >= 0.6 is 0 Å². The second kappa shape index (κ2) is 7.41. The first kappa shape index (κ1) is 15.0. The lowest BCUT2D eigenvalue weighted by Crippen LogP contribution is -2.43. The number of rotatable bonds is 5. The van der Waals surface area contributed by atoms with E-state index in [-0.39, 0.29) is 11.8 Å². The van der Waals surface area contributed by atoms with Crippen LogP contribution in [0.25, 0.3) is 0 Å². The van der Waals surface area contributed by atoms with Gasteiger partial charge < -0.3 is 15.4 Å². The lowest BCUT2D eigenvalue weighted by Gasteiger charge is -2.34. The van der Waals surface area contributed by atoms with Gasteiger partial charge in [0.25, 0.3) is 0 Å². The van der Waals surface area contributed by atoms with Crippen LogP contribution in [0.5, 0.6) is 0 Å². The Bertz CT molecular complexity index is 414. The molecule has 2 rings (SSSR count). The van der Waals surface area contributed by atoms with E-state index in [4.69, 9.17) is 10.5 Å². The zero-order valence-electron chi connectivity index (χ0n) is 12.1. The van der Waals surface area contributed by atoms with Crippen LogP contribution in [0.4, 0.5) is 0 Å². The van der Waals surface area contributed by atoms with Gasteiger partial charge in [0.2, 0.25) is 5.91 Å². The van der Waals surface area contributed by atoms with E-state index in [2.05, 4.69) is 0 Å². The maximum atomic E-state index is 12.6. The first-order valence-corrected chi connectivity index (χ1v) is 7.29. The molecule has 0 aromatic heterocycles. The summed E-state index contributed by atoms with van der Waals surface area (Å²) in [7, 11) is 1.73. The largest absolute Gasteiger partial charge is 0.384 e. The molecule has 4 nitrogen and oxygen atoms in total. The predicted molar refractivity (Wildman–Crippen MR) is 79.4 cm³/mol. The van der Waals surface area contributed by atoms with E-state index >= 15 is 0 Å². The minimum atomic E-state index is -0.213. The van der Waals surface area contributed by atoms with Gasteiger partial charge in [-0.15, -0.1) is 0 Å². The topological polar surface area (TPSA) is 55.6 Å². The molecule has 1 amide bonds. The van der Waals surface area contributed by atoms with Crippen molar-refractivity contribution in [1.82, 2.24) is 4.90 Å². The van der Waals surface area contributed by atoms with Crippen LogP contribution in [0.1, 0.15) is 24.3 Å². The van der Waals surface area contributed by atoms with Crippen molar-refractivity contribution < 1.29 is 9.53 Å². The Morgan fingerprint density at radius 2 is 2.00 bits per heavy atom. The molecule has 0 saturated carbocycles. The highest BCUT2D eigenvalue weighted by Crippen LogP contribution is 2.22. The molecule has 0 spiro atoms. The van der Waals surface area contributed by atoms with Gasteiger partial charge in [0.05, 0.1) is 5.92 Å². The van der Waals surface area contributed by atoms with Gasteiger partial charge in [-0.25, -0.2) is 0 Å². The van der Waals surface area contributed by atoms with Gasteiger partial charge in [-0.3, -0.25) is 4.79 Å². The highest BCUT2D eigenvalue weighted by atomic mass is 16.5. The standard InChI is InChI=1S/C16H24N2O2/c1-20-12-13-7-9-18(10-8-13)16(19)15(11-17)14-5-3-2-4-6-14/h2-6,13,15H,7-12,17H2,1H3. The minimum absolute atomic E-state index is 0.162. The quantitative estimate of drug-likeness (QED) is 0.889. The van der Waals surface area contributed by atoms with Crippen molar-refractivity contribution in [2.75, 3.05) is 33.4 Å². The van der Waals surface area contributed by atoms with Crippen molar-refractivity contribution >= 4 is 5.91 Å². The Hall–Kier alpha value is -1.39. The van der Waals surface area contributed by atoms with Crippen LogP contribution in [-0.2, 0) is 9.53 Å². The van der Waals surface area contributed by atoms with E-state index in [1.54, 1.807) is 7.11 Å². The number of nitrogens with two attached hydrogens (primary N) is 1. The fourth-order valence-electron chi connectivity index (χ4n) is 2.84. The molecule has 2 N–H and O–H groups in total. The smallest absolute Gasteiger partial charge is 0.231 e. The minimum Gasteiger partial charge on any atom is -0.384 e. The lowest BCUT2D eigenvalue weighted by molar-refractivity contribution is -0.134. The van der Waals surface area contributed by atoms with Crippen molar-refractivity contribution in [2.24, 2.45) is 11.7 Å². The molecule has 1 unspecified atom stereocenters. The lowest BCUT2D eigenvalue weighted by atomic mass is 9.94. The molecular weight excluding hydrogens is 252 g/mol. The molecule has 1 aromatic rings. The summed E-state index contributed by atoms with van der Waals surface area (Å²) < 4.78 is 5.19. The molecule has 0 radical (unpaired) electrons. The summed E-state index contributed by atoms with van der Waals surface area (Å²) in [4.78, 5) is 14.6. The number of carbonyl (C=O) groups excluding carboxylic acids is 1. The highest BCUT2D eigenvalue weighted by molar-refractivity contribution is 5.84. The number of hydrogen-bond donors (Lipinski definition) is 1. The van der Waals surface area contributed by atoms with Crippen molar-refractivity contribution in [3.63, 3.8) is 0 Å². The third-order valence-corrected chi connectivity index (χ3v) is 4.06. The fourth-order valence-corrected chi connectivity index (χ4v) is 2.84. The Balaban J connectivity index is 1.97. The monoisotopic (exact) mass is 276 g/mol. The van der Waals surface area contributed by atoms with Crippen LogP contribution in [0, 0.1) is 5.92 Å². The summed E-state index contributed by atoms with van der Waals surface area (Å²) in [5.41, 5.74) is 6.83. The number of amides is 1. The molecule has 0 bridgehead atoms. The summed E-state index contributed by atoms with van der Waals surface area (Å²) in [6, 6.07) is 9.82. The van der Waals surface area contributed by atoms with Crippen molar-refractivity contribution in [2.45, 2.75) is 18.8 Å². The zero-order valence-corrected chi connectivity index (χ0v) is 12.1. The average Bonchev–Trinajstić information content (AvgIpc) is 2.50. The average molecular weight is 276 g/mol. The summed E-state index contributed by atoms with van der Waals surface area (Å²) in [5.74, 6) is 0.529. The van der Waals surface area contributed by atoms with Crippen LogP contribution in [0.15, 0.2) is 30.3 Å². The van der Waals surface area contributed by atoms with Crippen LogP contribution < -0.4 is 5.73 Å². The van der Waals surface area contributed by atoms with Crippen molar-refractivity contribution in [1.29, 1.82) is 0 Å². The number of nitrogens with zero attached hydrogens (tertiary/aromatic N) is 1. The predicted octanol–water partition coefficient (Wildman–Crippen LogP) is 1.61. The number of ether oxygens (including phenoxy) is 1. The maximum absolute atomic E-state index is 12.6. The third-order valence-electron chi connectivity index (χ3n) is 4.06. The summed E-state index contributed by atoms with van der Waals surface area (Å²) in [6.45, 7) is 2.79. The summed E-state index contributed by atoms with van der Waals surface area (Å²) in [6.07, 6.45) is 2.04. The fraction of sp³-hybridized carbons (Fsp3) is 0.562. The van der Waals surface area contributed by atoms with Gasteiger partial charge in [-0.2, -0.15) is 0 Å². The molecule has 1 atom stereocenters. The molecule has 4 heteroatoms. The zero-order chi connectivity index (χ0) is 14.4. The van der Waals surface area contributed by atoms with E-state index < -0.39 is 0 Å². The van der Waals surface area contributed by atoms with Gasteiger partial charge in [-0.05, 0) is 24.3 Å². The Labute approximate surface area is 120 Å². The van der Waals surface area contributed by atoms with Crippen molar-refractivity contribution in [3.05, 3.63) is 35.9 Å². The third kappa shape index (κ3) is 3.58. The Morgan fingerprint density at radius 3 is 2.55 bits per heavy atom. The molecule has 0 aliphatic carbocycles. The maximum Gasteiger partial charge on any atom is 0.231 e. The van der Waals surface area contributed by atoms with Gasteiger partial charge >= 0.3 is 0 Å². The number of benzene rings is 1. The Kier molecular flexibility index (Phi) is 5.56. The molecule has 1 fully saturated rings. The summed E-state index contributed by atoms with van der Waals surface area (Å²) in [5, 5.41) is 0. The molecule has 1 heterocycles. The van der Waals surface area contributed by atoms with Gasteiger partial charge in [0, 0.05) is 33.4 Å². The first-order valence-electron chi connectivity index (χ1n) is 7.29. The van der Waals surface area contributed by atoms with Gasteiger partial charge in [0.15, 0.2) is 0 Å². The first-order chi connectivity index (χ1) is 9.76. The van der Waals surface area contributed by atoms with Gasteiger partial charge in [-0.1, -0.05) is 30.3 Å². The van der Waals surface area contributed by atoms with Crippen LogP contribution in [0.2, 0.25) is 0 Å². The van der Waals surface area contributed by atoms with E-state index in [0.717, 1.165) is 38.1 Å². The number of piperidine rings is 1. The van der Waals surface area contributed by atoms with E-state index in [1.165, 1.54) is 0 Å². The molecule has 20 heavy (non-hydrogen) atoms. The summed E-state index contributed by atoms with van der Waals surface area (Å²) >= 11 is 0. The highest BCUT2D eigenvalue weighted by Gasteiger charge is 2.28. The van der Waals surface area contributed by atoms with E-state index in [9.17, 15) is 4.79 Å².